The van der Waals surface area contributed by atoms with Crippen molar-refractivity contribution in [2.45, 2.75) is 31.1 Å². The smallest absolute Gasteiger partial charge is 0.254 e. The molecule has 1 aromatic rings. The van der Waals surface area contributed by atoms with E-state index in [4.69, 9.17) is 9.47 Å². The topological polar surface area (TPSA) is 51.7 Å². The molecule has 0 radical (unpaired) electrons. The minimum Gasteiger partial charge on any atom is -0.350 e. The van der Waals surface area contributed by atoms with E-state index in [2.05, 4.69) is 11.9 Å². The van der Waals surface area contributed by atoms with Gasteiger partial charge in [-0.25, -0.2) is 4.98 Å². The fraction of sp³-hybridized carbons (Fsp3) is 0.625. The molecule has 3 heterocycles. The highest BCUT2D eigenvalue weighted by Gasteiger charge is 2.33. The summed E-state index contributed by atoms with van der Waals surface area (Å²) in [6.07, 6.45) is 3.64. The number of nitrogens with zero attached hydrogens (tertiary/aromatic N) is 2. The van der Waals surface area contributed by atoms with Crippen LogP contribution < -0.4 is 0 Å². The van der Waals surface area contributed by atoms with E-state index in [1.807, 2.05) is 11.0 Å². The molecule has 0 N–H and O–H groups in total. The fourth-order valence-electron chi connectivity index (χ4n) is 3.02. The van der Waals surface area contributed by atoms with E-state index < -0.39 is 0 Å². The average molecular weight is 322 g/mol. The molecule has 1 amide bonds. The highest BCUT2D eigenvalue weighted by Crippen LogP contribution is 2.26. The first-order chi connectivity index (χ1) is 10.8. The third-order valence-corrected chi connectivity index (χ3v) is 4.86. The molecule has 2 saturated heterocycles. The van der Waals surface area contributed by atoms with Gasteiger partial charge in [-0.3, -0.25) is 4.79 Å². The van der Waals surface area contributed by atoms with Gasteiger partial charge in [0.1, 0.15) is 0 Å². The number of carbonyl (C=O) groups is 1. The molecule has 2 fully saturated rings. The molecule has 6 heteroatoms. The Hall–Kier alpha value is -1.11. The van der Waals surface area contributed by atoms with Gasteiger partial charge in [0, 0.05) is 30.8 Å². The van der Waals surface area contributed by atoms with Gasteiger partial charge in [0.25, 0.3) is 5.91 Å². The summed E-state index contributed by atoms with van der Waals surface area (Å²) in [6.45, 7) is 4.93. The monoisotopic (exact) mass is 322 g/mol. The molecule has 1 aromatic heterocycles. The van der Waals surface area contributed by atoms with Crippen molar-refractivity contribution in [1.82, 2.24) is 9.88 Å². The van der Waals surface area contributed by atoms with Crippen LogP contribution in [0, 0.1) is 5.92 Å². The summed E-state index contributed by atoms with van der Waals surface area (Å²) in [5, 5.41) is 0.907. The summed E-state index contributed by atoms with van der Waals surface area (Å²) in [4.78, 5) is 18.9. The zero-order valence-corrected chi connectivity index (χ0v) is 13.7. The highest BCUT2D eigenvalue weighted by atomic mass is 32.2. The summed E-state index contributed by atoms with van der Waals surface area (Å²) < 4.78 is 11.2. The highest BCUT2D eigenvalue weighted by molar-refractivity contribution is 7.99. The van der Waals surface area contributed by atoms with Crippen molar-refractivity contribution < 1.29 is 14.3 Å². The molecule has 0 aliphatic carbocycles. The van der Waals surface area contributed by atoms with Crippen LogP contribution in [0.4, 0.5) is 0 Å². The van der Waals surface area contributed by atoms with Gasteiger partial charge in [-0.05, 0) is 30.7 Å². The summed E-state index contributed by atoms with van der Waals surface area (Å²) in [6, 6.07) is 3.69. The van der Waals surface area contributed by atoms with Gasteiger partial charge in [-0.1, -0.05) is 6.92 Å². The second-order valence-electron chi connectivity index (χ2n) is 5.58. The molecule has 2 aliphatic heterocycles. The number of hydrogen-bond acceptors (Lipinski definition) is 5. The standard InChI is InChI=1S/C16H22N2O3S/c1-2-22-14-10-12(5-6-17-14)15(19)18-7-3-4-13(11-18)16-20-8-9-21-16/h5-6,10,13,16H,2-4,7-9,11H2,1H3. The fourth-order valence-corrected chi connectivity index (χ4v) is 3.66. The molecular formula is C16H22N2O3S. The van der Waals surface area contributed by atoms with Crippen molar-refractivity contribution in [2.75, 3.05) is 32.1 Å². The molecule has 5 nitrogen and oxygen atoms in total. The van der Waals surface area contributed by atoms with Crippen molar-refractivity contribution in [3.05, 3.63) is 23.9 Å². The molecule has 2 aliphatic rings. The van der Waals surface area contributed by atoms with Crippen LogP contribution in [0.15, 0.2) is 23.4 Å². The van der Waals surface area contributed by atoms with Crippen LogP contribution in [0.2, 0.25) is 0 Å². The van der Waals surface area contributed by atoms with Gasteiger partial charge in [0.05, 0.1) is 18.2 Å². The van der Waals surface area contributed by atoms with Crippen LogP contribution >= 0.6 is 11.8 Å². The molecule has 120 valence electrons. The van der Waals surface area contributed by atoms with Gasteiger partial charge in [-0.15, -0.1) is 11.8 Å². The number of carbonyl (C=O) groups excluding carboxylic acids is 1. The third-order valence-electron chi connectivity index (χ3n) is 4.05. The van der Waals surface area contributed by atoms with E-state index in [-0.39, 0.29) is 18.1 Å². The first kappa shape index (κ1) is 15.8. The van der Waals surface area contributed by atoms with Gasteiger partial charge in [-0.2, -0.15) is 0 Å². The van der Waals surface area contributed by atoms with E-state index in [1.54, 1.807) is 24.0 Å². The number of aromatic nitrogens is 1. The Morgan fingerprint density at radius 2 is 2.27 bits per heavy atom. The van der Waals surface area contributed by atoms with E-state index in [0.29, 0.717) is 19.8 Å². The van der Waals surface area contributed by atoms with Crippen molar-refractivity contribution in [3.63, 3.8) is 0 Å². The molecular weight excluding hydrogens is 300 g/mol. The van der Waals surface area contributed by atoms with Crippen molar-refractivity contribution >= 4 is 17.7 Å². The first-order valence-electron chi connectivity index (χ1n) is 7.89. The second-order valence-corrected chi connectivity index (χ2v) is 6.86. The van der Waals surface area contributed by atoms with Gasteiger partial charge < -0.3 is 14.4 Å². The van der Waals surface area contributed by atoms with E-state index in [1.165, 1.54) is 0 Å². The lowest BCUT2D eigenvalue weighted by Crippen LogP contribution is -2.43. The first-order valence-corrected chi connectivity index (χ1v) is 8.88. The Balaban J connectivity index is 1.67. The van der Waals surface area contributed by atoms with Crippen LogP contribution in [0.1, 0.15) is 30.1 Å². The number of pyridine rings is 1. The number of piperidine rings is 1. The largest absolute Gasteiger partial charge is 0.350 e. The van der Waals surface area contributed by atoms with Crippen molar-refractivity contribution in [3.8, 4) is 0 Å². The van der Waals surface area contributed by atoms with E-state index in [9.17, 15) is 4.79 Å². The summed E-state index contributed by atoms with van der Waals surface area (Å²) in [7, 11) is 0. The molecule has 22 heavy (non-hydrogen) atoms. The van der Waals surface area contributed by atoms with Crippen molar-refractivity contribution in [1.29, 1.82) is 0 Å². The number of hydrogen-bond donors (Lipinski definition) is 0. The van der Waals surface area contributed by atoms with E-state index in [0.717, 1.165) is 35.7 Å². The molecule has 0 bridgehead atoms. The van der Waals surface area contributed by atoms with Crippen LogP contribution in [-0.4, -0.2) is 54.1 Å². The lowest BCUT2D eigenvalue weighted by molar-refractivity contribution is -0.0969. The molecule has 1 atom stereocenters. The normalized spacial score (nSPS) is 23.0. The van der Waals surface area contributed by atoms with Crippen LogP contribution in [0.3, 0.4) is 0 Å². The summed E-state index contributed by atoms with van der Waals surface area (Å²) >= 11 is 1.65. The molecule has 1 unspecified atom stereocenters. The Morgan fingerprint density at radius 3 is 3.05 bits per heavy atom. The maximum atomic E-state index is 12.7. The lowest BCUT2D eigenvalue weighted by atomic mass is 9.97. The second kappa shape index (κ2) is 7.44. The minimum absolute atomic E-state index is 0.0862. The Kier molecular flexibility index (Phi) is 5.33. The SMILES string of the molecule is CCSc1cc(C(=O)N2CCCC(C3OCCO3)C2)ccn1. The molecule has 0 spiro atoms. The quantitative estimate of drug-likeness (QED) is 0.797. The predicted octanol–water partition coefficient (Wildman–Crippen LogP) is 2.42. The minimum atomic E-state index is -0.140. The number of ether oxygens (including phenoxy) is 2. The summed E-state index contributed by atoms with van der Waals surface area (Å²) in [5.74, 6) is 1.32. The zero-order chi connectivity index (χ0) is 15.4. The molecule has 3 rings (SSSR count). The van der Waals surface area contributed by atoms with E-state index >= 15 is 0 Å². The van der Waals surface area contributed by atoms with Gasteiger partial charge >= 0.3 is 0 Å². The maximum absolute atomic E-state index is 12.7. The van der Waals surface area contributed by atoms with Gasteiger partial charge in [0.2, 0.25) is 0 Å². The predicted molar refractivity (Wildman–Crippen MR) is 85.0 cm³/mol. The zero-order valence-electron chi connectivity index (χ0n) is 12.9. The Labute approximate surface area is 135 Å². The Morgan fingerprint density at radius 1 is 1.45 bits per heavy atom. The number of rotatable bonds is 4. The number of amides is 1. The maximum Gasteiger partial charge on any atom is 0.254 e. The lowest BCUT2D eigenvalue weighted by Gasteiger charge is -2.34. The van der Waals surface area contributed by atoms with Crippen molar-refractivity contribution in [2.24, 2.45) is 5.92 Å². The third kappa shape index (κ3) is 3.62. The average Bonchev–Trinajstić information content (AvgIpc) is 3.09. The van der Waals surface area contributed by atoms with Crippen LogP contribution in [0.5, 0.6) is 0 Å². The molecule has 0 saturated carbocycles. The van der Waals surface area contributed by atoms with Gasteiger partial charge in [0.15, 0.2) is 6.29 Å². The molecule has 0 aromatic carbocycles. The van der Waals surface area contributed by atoms with Crippen LogP contribution in [0.25, 0.3) is 0 Å². The number of likely N-dealkylation sites (tertiary alicyclic amines) is 1. The summed E-state index contributed by atoms with van der Waals surface area (Å²) in [5.41, 5.74) is 0.722. The number of thioether (sulfide) groups is 1. The Bertz CT molecular complexity index is 520. The van der Waals surface area contributed by atoms with Crippen LogP contribution in [-0.2, 0) is 9.47 Å².